The Labute approximate surface area is 118 Å². The van der Waals surface area contributed by atoms with Crippen LogP contribution in [-0.2, 0) is 11.2 Å². The van der Waals surface area contributed by atoms with Gasteiger partial charge in [0.05, 0.1) is 18.1 Å². The molecule has 0 saturated carbocycles. The van der Waals surface area contributed by atoms with Gasteiger partial charge in [-0.1, -0.05) is 13.8 Å². The minimum absolute atomic E-state index is 0.131. The first-order chi connectivity index (χ1) is 9.30. The average Bonchev–Trinajstić information content (AvgIpc) is 2.63. The second-order valence-electron chi connectivity index (χ2n) is 6.27. The fraction of sp³-hybridized carbons (Fsp3) is 0.533. The molecule has 0 amide bonds. The highest BCUT2D eigenvalue weighted by molar-refractivity contribution is 5.75. The molecule has 2 heterocycles. The molecule has 0 spiro atoms. The molecule has 1 N–H and O–H groups in total. The smallest absolute Gasteiger partial charge is 0.303 e. The van der Waals surface area contributed by atoms with E-state index in [2.05, 4.69) is 28.4 Å². The first-order valence-electron chi connectivity index (χ1n) is 6.83. The van der Waals surface area contributed by atoms with Crippen LogP contribution in [0.15, 0.2) is 18.5 Å². The Kier molecular flexibility index (Phi) is 3.79. The molecule has 0 aliphatic carbocycles. The van der Waals surface area contributed by atoms with Crippen molar-refractivity contribution >= 4 is 17.0 Å². The molecule has 0 aromatic carbocycles. The van der Waals surface area contributed by atoms with E-state index in [1.165, 1.54) is 0 Å². The number of nitrogens with zero attached hydrogens (tertiary/aromatic N) is 3. The lowest BCUT2D eigenvalue weighted by molar-refractivity contribution is -0.139. The highest BCUT2D eigenvalue weighted by atomic mass is 16.4. The van der Waals surface area contributed by atoms with Crippen LogP contribution in [0.5, 0.6) is 0 Å². The van der Waals surface area contributed by atoms with Crippen LogP contribution in [0.1, 0.15) is 46.0 Å². The number of hydrogen-bond acceptors (Lipinski definition) is 3. The number of hydrogen-bond donors (Lipinski definition) is 1. The van der Waals surface area contributed by atoms with Crippen LogP contribution >= 0.6 is 0 Å². The molecule has 108 valence electrons. The topological polar surface area (TPSA) is 68.0 Å². The number of carboxylic acid groups (broad SMARTS) is 1. The SMILES string of the molecule is CC(C)n1c(CC(C)(C)CC(=O)O)nc2cnccc21. The number of pyridine rings is 1. The summed E-state index contributed by atoms with van der Waals surface area (Å²) >= 11 is 0. The highest BCUT2D eigenvalue weighted by Crippen LogP contribution is 2.29. The number of fused-ring (bicyclic) bond motifs is 1. The standard InChI is InChI=1S/C15H21N3O2/c1-10(2)18-12-5-6-16-9-11(12)17-13(18)7-15(3,4)8-14(19)20/h5-6,9-10H,7-8H2,1-4H3,(H,19,20). The molecule has 0 saturated heterocycles. The normalized spacial score (nSPS) is 12.2. The number of rotatable bonds is 5. The molecule has 2 aromatic heterocycles. The third kappa shape index (κ3) is 2.98. The summed E-state index contributed by atoms with van der Waals surface area (Å²) in [6.45, 7) is 8.14. The van der Waals surface area contributed by atoms with E-state index in [1.54, 1.807) is 12.4 Å². The third-order valence-electron chi connectivity index (χ3n) is 3.35. The quantitative estimate of drug-likeness (QED) is 0.910. The number of aliphatic carboxylic acids is 1. The average molecular weight is 275 g/mol. The Morgan fingerprint density at radius 3 is 2.75 bits per heavy atom. The lowest BCUT2D eigenvalue weighted by Gasteiger charge is -2.23. The maximum Gasteiger partial charge on any atom is 0.303 e. The van der Waals surface area contributed by atoms with E-state index in [0.717, 1.165) is 16.9 Å². The number of imidazole rings is 1. The van der Waals surface area contributed by atoms with Crippen LogP contribution in [0.25, 0.3) is 11.0 Å². The van der Waals surface area contributed by atoms with E-state index in [1.807, 2.05) is 19.9 Å². The van der Waals surface area contributed by atoms with E-state index >= 15 is 0 Å². The minimum atomic E-state index is -0.774. The van der Waals surface area contributed by atoms with Gasteiger partial charge in [-0.05, 0) is 25.3 Å². The molecule has 0 radical (unpaired) electrons. The molecule has 0 fully saturated rings. The first kappa shape index (κ1) is 14.5. The lowest BCUT2D eigenvalue weighted by atomic mass is 9.85. The predicted molar refractivity (Wildman–Crippen MR) is 77.7 cm³/mol. The van der Waals surface area contributed by atoms with Crippen molar-refractivity contribution in [2.45, 2.75) is 46.6 Å². The monoisotopic (exact) mass is 275 g/mol. The summed E-state index contributed by atoms with van der Waals surface area (Å²) in [5.74, 6) is 0.151. The van der Waals surface area contributed by atoms with Gasteiger partial charge in [0, 0.05) is 18.7 Å². The lowest BCUT2D eigenvalue weighted by Crippen LogP contribution is -2.22. The third-order valence-corrected chi connectivity index (χ3v) is 3.35. The molecule has 0 atom stereocenters. The number of carboxylic acids is 1. The zero-order valence-electron chi connectivity index (χ0n) is 12.4. The molecule has 5 heteroatoms. The van der Waals surface area contributed by atoms with Gasteiger partial charge in [-0.2, -0.15) is 0 Å². The van der Waals surface area contributed by atoms with E-state index in [0.29, 0.717) is 6.42 Å². The molecular weight excluding hydrogens is 254 g/mol. The molecule has 5 nitrogen and oxygen atoms in total. The van der Waals surface area contributed by atoms with Gasteiger partial charge in [-0.3, -0.25) is 9.78 Å². The minimum Gasteiger partial charge on any atom is -0.481 e. The summed E-state index contributed by atoms with van der Waals surface area (Å²) in [4.78, 5) is 19.7. The van der Waals surface area contributed by atoms with Crippen LogP contribution in [0.4, 0.5) is 0 Å². The predicted octanol–water partition coefficient (Wildman–Crippen LogP) is 3.06. The summed E-state index contributed by atoms with van der Waals surface area (Å²) in [5, 5.41) is 9.01. The number of aromatic nitrogens is 3. The Balaban J connectivity index is 2.43. The second kappa shape index (κ2) is 5.23. The van der Waals surface area contributed by atoms with Gasteiger partial charge in [-0.25, -0.2) is 4.98 Å². The van der Waals surface area contributed by atoms with Crippen LogP contribution in [0.3, 0.4) is 0 Å². The first-order valence-corrected chi connectivity index (χ1v) is 6.83. The van der Waals surface area contributed by atoms with E-state index in [9.17, 15) is 4.79 Å². The molecular formula is C15H21N3O2. The van der Waals surface area contributed by atoms with Crippen LogP contribution in [0, 0.1) is 5.41 Å². The molecule has 0 aliphatic heterocycles. The molecule has 0 unspecified atom stereocenters. The molecule has 0 bridgehead atoms. The van der Waals surface area contributed by atoms with Crippen molar-refractivity contribution in [2.24, 2.45) is 5.41 Å². The van der Waals surface area contributed by atoms with Crippen molar-refractivity contribution in [3.05, 3.63) is 24.3 Å². The number of carbonyl (C=O) groups is 1. The zero-order chi connectivity index (χ0) is 14.9. The largest absolute Gasteiger partial charge is 0.481 e. The van der Waals surface area contributed by atoms with Crippen LogP contribution < -0.4 is 0 Å². The Morgan fingerprint density at radius 1 is 1.45 bits per heavy atom. The van der Waals surface area contributed by atoms with Gasteiger partial charge >= 0.3 is 5.97 Å². The van der Waals surface area contributed by atoms with Gasteiger partial charge < -0.3 is 9.67 Å². The van der Waals surface area contributed by atoms with Gasteiger partial charge in [0.1, 0.15) is 11.3 Å². The van der Waals surface area contributed by atoms with E-state index < -0.39 is 5.97 Å². The van der Waals surface area contributed by atoms with Crippen molar-refractivity contribution in [3.63, 3.8) is 0 Å². The summed E-state index contributed by atoms with van der Waals surface area (Å²) < 4.78 is 2.17. The summed E-state index contributed by atoms with van der Waals surface area (Å²) in [6, 6.07) is 2.23. The van der Waals surface area contributed by atoms with Gasteiger partial charge in [0.15, 0.2) is 0 Å². The van der Waals surface area contributed by atoms with E-state index in [4.69, 9.17) is 5.11 Å². The Bertz CT molecular complexity index is 629. The van der Waals surface area contributed by atoms with Crippen molar-refractivity contribution < 1.29 is 9.90 Å². The van der Waals surface area contributed by atoms with Crippen LogP contribution in [-0.4, -0.2) is 25.6 Å². The van der Waals surface area contributed by atoms with Crippen molar-refractivity contribution in [3.8, 4) is 0 Å². The summed E-state index contributed by atoms with van der Waals surface area (Å²) in [6.07, 6.45) is 4.27. The zero-order valence-corrected chi connectivity index (χ0v) is 12.4. The van der Waals surface area contributed by atoms with Crippen molar-refractivity contribution in [1.82, 2.24) is 14.5 Å². The molecule has 2 rings (SSSR count). The van der Waals surface area contributed by atoms with Gasteiger partial charge in [-0.15, -0.1) is 0 Å². The van der Waals surface area contributed by atoms with E-state index in [-0.39, 0.29) is 17.9 Å². The molecule has 20 heavy (non-hydrogen) atoms. The highest BCUT2D eigenvalue weighted by Gasteiger charge is 2.26. The molecule has 2 aromatic rings. The Morgan fingerprint density at radius 2 is 2.15 bits per heavy atom. The molecule has 0 aliphatic rings. The maximum atomic E-state index is 11.0. The summed E-state index contributed by atoms with van der Waals surface area (Å²) in [5.41, 5.74) is 1.59. The van der Waals surface area contributed by atoms with Gasteiger partial charge in [0.2, 0.25) is 0 Å². The van der Waals surface area contributed by atoms with Crippen LogP contribution in [0.2, 0.25) is 0 Å². The maximum absolute atomic E-state index is 11.0. The Hall–Kier alpha value is -1.91. The van der Waals surface area contributed by atoms with Crippen molar-refractivity contribution in [1.29, 1.82) is 0 Å². The van der Waals surface area contributed by atoms with Crippen molar-refractivity contribution in [2.75, 3.05) is 0 Å². The fourth-order valence-corrected chi connectivity index (χ4v) is 2.60. The second-order valence-corrected chi connectivity index (χ2v) is 6.27. The fourth-order valence-electron chi connectivity index (χ4n) is 2.60. The summed E-state index contributed by atoms with van der Waals surface area (Å²) in [7, 11) is 0. The van der Waals surface area contributed by atoms with Gasteiger partial charge in [0.25, 0.3) is 0 Å².